The molecule has 1 amide bonds. The van der Waals surface area contributed by atoms with Crippen LogP contribution in [0.2, 0.25) is 0 Å². The van der Waals surface area contributed by atoms with Crippen LogP contribution in [0.3, 0.4) is 0 Å². The average Bonchev–Trinajstić information content (AvgIpc) is 2.91. The summed E-state index contributed by atoms with van der Waals surface area (Å²) in [5.74, 6) is -0.319. The van der Waals surface area contributed by atoms with Gasteiger partial charge in [-0.25, -0.2) is 4.98 Å². The zero-order valence-electron chi connectivity index (χ0n) is 14.0. The number of nitrogens with one attached hydrogen (secondary N) is 1. The maximum atomic E-state index is 12.5. The fourth-order valence-electron chi connectivity index (χ4n) is 2.55. The summed E-state index contributed by atoms with van der Waals surface area (Å²) >= 11 is 1.58. The van der Waals surface area contributed by atoms with Gasteiger partial charge in [-0.1, -0.05) is 18.2 Å². The van der Waals surface area contributed by atoms with Crippen LogP contribution in [-0.2, 0) is 0 Å². The predicted molar refractivity (Wildman–Crippen MR) is 98.6 cm³/mol. The van der Waals surface area contributed by atoms with Gasteiger partial charge >= 0.3 is 6.18 Å². The van der Waals surface area contributed by atoms with Gasteiger partial charge < -0.3 is 5.32 Å². The summed E-state index contributed by atoms with van der Waals surface area (Å²) in [7, 11) is 0. The fraction of sp³-hybridized carbons (Fsp3) is 0.158. The molecule has 3 rings (SSSR count). The fourth-order valence-corrected chi connectivity index (χ4v) is 3.36. The number of aromatic nitrogens is 1. The zero-order valence-corrected chi connectivity index (χ0v) is 14.8. The van der Waals surface area contributed by atoms with Crippen LogP contribution in [-0.4, -0.2) is 17.1 Å². The van der Waals surface area contributed by atoms with Gasteiger partial charge in [0, 0.05) is 17.3 Å². The Bertz CT molecular complexity index is 1010. The summed E-state index contributed by atoms with van der Waals surface area (Å²) in [5, 5.41) is 3.75. The van der Waals surface area contributed by atoms with Crippen LogP contribution in [0, 0.1) is 13.8 Å². The Hall–Kier alpha value is -2.67. The van der Waals surface area contributed by atoms with E-state index in [0.29, 0.717) is 22.4 Å². The van der Waals surface area contributed by atoms with E-state index >= 15 is 0 Å². The number of hydrogen-bond donors (Lipinski definition) is 1. The normalized spacial score (nSPS) is 12.0. The first-order chi connectivity index (χ1) is 12.2. The number of benzene rings is 2. The van der Waals surface area contributed by atoms with E-state index in [-0.39, 0.29) is 12.0 Å². The topological polar surface area (TPSA) is 42.0 Å². The molecule has 1 N–H and O–H groups in total. The van der Waals surface area contributed by atoms with Crippen molar-refractivity contribution in [3.8, 4) is 0 Å². The summed E-state index contributed by atoms with van der Waals surface area (Å²) < 4.78 is 37.8. The third kappa shape index (κ3) is 4.29. The number of halogens is 3. The molecule has 1 heterocycles. The van der Waals surface area contributed by atoms with Crippen molar-refractivity contribution in [3.05, 3.63) is 64.2 Å². The smallest absolute Gasteiger partial charge is 0.322 e. The van der Waals surface area contributed by atoms with E-state index in [1.54, 1.807) is 36.5 Å². The highest BCUT2D eigenvalue weighted by molar-refractivity contribution is 7.18. The summed E-state index contributed by atoms with van der Waals surface area (Å²) in [5.41, 5.74) is 2.82. The van der Waals surface area contributed by atoms with E-state index in [1.807, 2.05) is 13.0 Å². The Labute approximate surface area is 152 Å². The lowest BCUT2D eigenvalue weighted by molar-refractivity contribution is -0.0790. The van der Waals surface area contributed by atoms with Crippen LogP contribution in [0.4, 0.5) is 18.9 Å². The quantitative estimate of drug-likeness (QED) is 0.633. The molecule has 0 spiro atoms. The Balaban J connectivity index is 1.79. The number of aryl methyl sites for hydroxylation is 2. The van der Waals surface area contributed by atoms with Crippen molar-refractivity contribution in [1.29, 1.82) is 0 Å². The van der Waals surface area contributed by atoms with Gasteiger partial charge in [-0.3, -0.25) is 4.79 Å². The SMILES string of the molecule is Cc1nc2cc(NC(=O)c3ccc(/C=C/C(F)(F)F)cc3C)ccc2s1. The van der Waals surface area contributed by atoms with Crippen molar-refractivity contribution in [2.45, 2.75) is 20.0 Å². The van der Waals surface area contributed by atoms with Gasteiger partial charge in [-0.15, -0.1) is 11.3 Å². The zero-order chi connectivity index (χ0) is 18.9. The Morgan fingerprint density at radius 1 is 1.15 bits per heavy atom. The number of carbonyl (C=O) groups is 1. The summed E-state index contributed by atoms with van der Waals surface area (Å²) in [6.07, 6.45) is -3.21. The molecule has 1 aromatic heterocycles. The Kier molecular flexibility index (Phi) is 4.82. The summed E-state index contributed by atoms with van der Waals surface area (Å²) in [6, 6.07) is 10.0. The number of thiazole rings is 1. The second-order valence-corrected chi connectivity index (χ2v) is 7.05. The molecule has 134 valence electrons. The molecule has 0 unspecified atom stereocenters. The molecule has 0 aliphatic heterocycles. The lowest BCUT2D eigenvalue weighted by atomic mass is 10.0. The summed E-state index contributed by atoms with van der Waals surface area (Å²) in [4.78, 5) is 16.9. The van der Waals surface area contributed by atoms with Crippen molar-refractivity contribution < 1.29 is 18.0 Å². The third-order valence-electron chi connectivity index (χ3n) is 3.71. The first kappa shape index (κ1) is 18.1. The van der Waals surface area contributed by atoms with Crippen LogP contribution >= 0.6 is 11.3 Å². The standard InChI is InChI=1S/C19H15F3N2OS/c1-11-9-13(7-8-19(20,21)22)3-5-15(11)18(25)24-14-4-6-17-16(10-14)23-12(2)26-17/h3-10H,1-2H3,(H,24,25)/b8-7+. The Morgan fingerprint density at radius 3 is 2.62 bits per heavy atom. The minimum atomic E-state index is -4.36. The van der Waals surface area contributed by atoms with Crippen LogP contribution in [0.1, 0.15) is 26.5 Å². The van der Waals surface area contributed by atoms with E-state index in [1.165, 1.54) is 12.1 Å². The van der Waals surface area contributed by atoms with Crippen molar-refractivity contribution in [2.24, 2.45) is 0 Å². The van der Waals surface area contributed by atoms with Gasteiger partial charge in [-0.2, -0.15) is 13.2 Å². The number of carbonyl (C=O) groups excluding carboxylic acids is 1. The first-order valence-electron chi connectivity index (χ1n) is 7.76. The van der Waals surface area contributed by atoms with Crippen LogP contribution in [0.25, 0.3) is 16.3 Å². The molecule has 26 heavy (non-hydrogen) atoms. The second-order valence-electron chi connectivity index (χ2n) is 5.82. The van der Waals surface area contributed by atoms with Crippen molar-refractivity contribution in [1.82, 2.24) is 4.98 Å². The minimum absolute atomic E-state index is 0.173. The van der Waals surface area contributed by atoms with E-state index in [2.05, 4.69) is 10.3 Å². The molecule has 0 bridgehead atoms. The lowest BCUT2D eigenvalue weighted by Gasteiger charge is -2.09. The molecule has 0 fully saturated rings. The monoisotopic (exact) mass is 376 g/mol. The van der Waals surface area contributed by atoms with Crippen LogP contribution in [0.5, 0.6) is 0 Å². The van der Waals surface area contributed by atoms with E-state index < -0.39 is 6.18 Å². The molecule has 7 heteroatoms. The maximum absolute atomic E-state index is 12.5. The highest BCUT2D eigenvalue weighted by Crippen LogP contribution is 2.25. The van der Waals surface area contributed by atoms with Gasteiger partial charge in [0.1, 0.15) is 0 Å². The van der Waals surface area contributed by atoms with Crippen LogP contribution in [0.15, 0.2) is 42.5 Å². The highest BCUT2D eigenvalue weighted by atomic mass is 32.1. The van der Waals surface area contributed by atoms with E-state index in [0.717, 1.165) is 21.3 Å². The number of hydrogen-bond acceptors (Lipinski definition) is 3. The molecule has 3 aromatic rings. The average molecular weight is 376 g/mol. The van der Waals surface area contributed by atoms with Gasteiger partial charge in [0.05, 0.1) is 15.2 Å². The van der Waals surface area contributed by atoms with Gasteiger partial charge in [0.2, 0.25) is 0 Å². The van der Waals surface area contributed by atoms with E-state index in [9.17, 15) is 18.0 Å². The molecule has 0 radical (unpaired) electrons. The van der Waals surface area contributed by atoms with Gasteiger partial charge in [0.15, 0.2) is 0 Å². The van der Waals surface area contributed by atoms with Crippen molar-refractivity contribution >= 4 is 39.2 Å². The number of rotatable bonds is 3. The minimum Gasteiger partial charge on any atom is -0.322 e. The van der Waals surface area contributed by atoms with Crippen LogP contribution < -0.4 is 5.32 Å². The number of fused-ring (bicyclic) bond motifs is 1. The van der Waals surface area contributed by atoms with E-state index in [4.69, 9.17) is 0 Å². The molecule has 0 atom stereocenters. The molecule has 0 saturated carbocycles. The molecule has 0 aliphatic carbocycles. The van der Waals surface area contributed by atoms with Crippen molar-refractivity contribution in [2.75, 3.05) is 5.32 Å². The van der Waals surface area contributed by atoms with Crippen molar-refractivity contribution in [3.63, 3.8) is 0 Å². The number of amides is 1. The largest absolute Gasteiger partial charge is 0.409 e. The molecule has 3 nitrogen and oxygen atoms in total. The highest BCUT2D eigenvalue weighted by Gasteiger charge is 2.21. The third-order valence-corrected chi connectivity index (χ3v) is 4.66. The molecule has 2 aromatic carbocycles. The number of alkyl halides is 3. The first-order valence-corrected chi connectivity index (χ1v) is 8.58. The maximum Gasteiger partial charge on any atom is 0.409 e. The molecule has 0 aliphatic rings. The lowest BCUT2D eigenvalue weighted by Crippen LogP contribution is -2.13. The Morgan fingerprint density at radius 2 is 1.92 bits per heavy atom. The molecular formula is C19H15F3N2OS. The summed E-state index contributed by atoms with van der Waals surface area (Å²) in [6.45, 7) is 3.61. The second kappa shape index (κ2) is 6.92. The molecule has 0 saturated heterocycles. The molecular weight excluding hydrogens is 361 g/mol. The number of allylic oxidation sites excluding steroid dienone is 1. The van der Waals surface area contributed by atoms with Gasteiger partial charge in [-0.05, 0) is 49.2 Å². The van der Waals surface area contributed by atoms with Gasteiger partial charge in [0.25, 0.3) is 5.91 Å². The predicted octanol–water partition coefficient (Wildman–Crippen LogP) is 5.74. The number of anilines is 1. The number of nitrogens with zero attached hydrogens (tertiary/aromatic N) is 1.